The van der Waals surface area contributed by atoms with Crippen molar-refractivity contribution in [1.29, 1.82) is 0 Å². The molecule has 2 aromatic heterocycles. The quantitative estimate of drug-likeness (QED) is 0.371. The molecule has 1 aliphatic rings. The van der Waals surface area contributed by atoms with E-state index < -0.39 is 0 Å². The number of para-hydroxylation sites is 1. The van der Waals surface area contributed by atoms with Crippen LogP contribution in [0.2, 0.25) is 0 Å². The summed E-state index contributed by atoms with van der Waals surface area (Å²) in [7, 11) is 0. The van der Waals surface area contributed by atoms with Crippen LogP contribution in [-0.4, -0.2) is 30.5 Å². The molecule has 3 heterocycles. The Morgan fingerprint density at radius 2 is 1.81 bits per heavy atom. The Morgan fingerprint density at radius 3 is 2.59 bits per heavy atom. The first-order valence-corrected chi connectivity index (χ1v) is 11.6. The fraction of sp³-hybridized carbons (Fsp3) is 0.423. The van der Waals surface area contributed by atoms with Crippen molar-refractivity contribution >= 4 is 11.8 Å². The number of carbonyl (C=O) groups excluding carboxylic acids is 1. The number of hydrogen-bond donors (Lipinski definition) is 0. The lowest BCUT2D eigenvalue weighted by Gasteiger charge is -2.26. The van der Waals surface area contributed by atoms with Gasteiger partial charge in [0.25, 0.3) is 5.91 Å². The molecule has 3 aromatic rings. The predicted molar refractivity (Wildman–Crippen MR) is 124 cm³/mol. The number of ether oxygens (including phenoxy) is 1. The molecule has 1 aliphatic heterocycles. The van der Waals surface area contributed by atoms with E-state index in [1.54, 1.807) is 11.2 Å². The number of furan rings is 2. The molecule has 32 heavy (non-hydrogen) atoms. The van der Waals surface area contributed by atoms with Crippen LogP contribution >= 0.6 is 0 Å². The first-order valence-electron chi connectivity index (χ1n) is 11.6. The van der Waals surface area contributed by atoms with Crippen molar-refractivity contribution in [3.8, 4) is 5.75 Å². The number of benzene rings is 1. The molecule has 1 aromatic carbocycles. The molecule has 0 radical (unpaired) electrons. The molecule has 0 atom stereocenters. The van der Waals surface area contributed by atoms with Gasteiger partial charge in [-0.05, 0) is 56.0 Å². The number of hydrogen-bond acceptors (Lipinski definition) is 5. The molecule has 1 fully saturated rings. The second-order valence-electron chi connectivity index (χ2n) is 8.23. The average Bonchev–Trinajstić information content (AvgIpc) is 3.52. The van der Waals surface area contributed by atoms with Crippen LogP contribution in [0.25, 0.3) is 0 Å². The summed E-state index contributed by atoms with van der Waals surface area (Å²) in [6.07, 6.45) is 7.27. The average molecular weight is 437 g/mol. The predicted octanol–water partition coefficient (Wildman–Crippen LogP) is 5.88. The van der Waals surface area contributed by atoms with E-state index in [1.165, 1.54) is 19.3 Å². The van der Waals surface area contributed by atoms with E-state index in [4.69, 9.17) is 13.6 Å². The summed E-state index contributed by atoms with van der Waals surface area (Å²) in [4.78, 5) is 17.6. The summed E-state index contributed by atoms with van der Waals surface area (Å²) >= 11 is 0. The van der Waals surface area contributed by atoms with Gasteiger partial charge >= 0.3 is 0 Å². The SMILES string of the molecule is CCCCOc1ccccc1C(=O)N(Cc1ccco1)Cc1ccc(N2CCCCC2)o1. The summed E-state index contributed by atoms with van der Waals surface area (Å²) < 4.78 is 17.6. The van der Waals surface area contributed by atoms with Crippen LogP contribution in [0.5, 0.6) is 5.75 Å². The van der Waals surface area contributed by atoms with E-state index in [9.17, 15) is 4.79 Å². The fourth-order valence-electron chi connectivity index (χ4n) is 3.98. The van der Waals surface area contributed by atoms with Gasteiger partial charge in [-0.2, -0.15) is 0 Å². The smallest absolute Gasteiger partial charge is 0.258 e. The molecule has 6 nitrogen and oxygen atoms in total. The Kier molecular flexibility index (Phi) is 7.54. The molecule has 0 unspecified atom stereocenters. The van der Waals surface area contributed by atoms with Crippen molar-refractivity contribution in [2.75, 3.05) is 24.6 Å². The van der Waals surface area contributed by atoms with Gasteiger partial charge in [0.1, 0.15) is 17.3 Å². The van der Waals surface area contributed by atoms with Crippen LogP contribution in [0.4, 0.5) is 5.88 Å². The molecule has 0 spiro atoms. The van der Waals surface area contributed by atoms with Gasteiger partial charge in [0, 0.05) is 19.2 Å². The van der Waals surface area contributed by atoms with Crippen molar-refractivity contribution in [1.82, 2.24) is 4.90 Å². The number of piperidine rings is 1. The van der Waals surface area contributed by atoms with Crippen LogP contribution in [0.3, 0.4) is 0 Å². The third-order valence-corrected chi connectivity index (χ3v) is 5.75. The topological polar surface area (TPSA) is 59.1 Å². The number of unbranched alkanes of at least 4 members (excludes halogenated alkanes) is 1. The molecule has 0 aliphatic carbocycles. The minimum absolute atomic E-state index is 0.107. The van der Waals surface area contributed by atoms with Crippen molar-refractivity contribution < 1.29 is 18.4 Å². The minimum Gasteiger partial charge on any atom is -0.493 e. The van der Waals surface area contributed by atoms with Gasteiger partial charge in [0.2, 0.25) is 0 Å². The molecular formula is C26H32N2O4. The summed E-state index contributed by atoms with van der Waals surface area (Å²) in [6.45, 7) is 5.46. The molecule has 0 N–H and O–H groups in total. The van der Waals surface area contributed by atoms with Crippen LogP contribution < -0.4 is 9.64 Å². The highest BCUT2D eigenvalue weighted by Crippen LogP contribution is 2.26. The van der Waals surface area contributed by atoms with Gasteiger partial charge in [-0.15, -0.1) is 0 Å². The van der Waals surface area contributed by atoms with E-state index in [2.05, 4.69) is 11.8 Å². The van der Waals surface area contributed by atoms with Gasteiger partial charge in [-0.1, -0.05) is 25.5 Å². The Morgan fingerprint density at radius 1 is 1.00 bits per heavy atom. The number of carbonyl (C=O) groups is 1. The minimum atomic E-state index is -0.107. The monoisotopic (exact) mass is 436 g/mol. The summed E-state index contributed by atoms with van der Waals surface area (Å²) in [5.74, 6) is 2.88. The summed E-state index contributed by atoms with van der Waals surface area (Å²) in [5.41, 5.74) is 0.554. The fourth-order valence-corrected chi connectivity index (χ4v) is 3.98. The van der Waals surface area contributed by atoms with Gasteiger partial charge in [0.15, 0.2) is 5.88 Å². The standard InChI is InChI=1S/C26H32N2O4/c1-2-3-17-31-24-12-6-5-11-23(24)26(29)28(19-21-10-9-18-30-21)20-22-13-14-25(32-22)27-15-7-4-8-16-27/h5-6,9-14,18H,2-4,7-8,15-17,19-20H2,1H3. The highest BCUT2D eigenvalue weighted by atomic mass is 16.5. The third-order valence-electron chi connectivity index (χ3n) is 5.75. The van der Waals surface area contributed by atoms with Gasteiger partial charge in [0.05, 0.1) is 31.5 Å². The van der Waals surface area contributed by atoms with Gasteiger partial charge < -0.3 is 23.4 Å². The maximum absolute atomic E-state index is 13.6. The van der Waals surface area contributed by atoms with Crippen LogP contribution in [-0.2, 0) is 13.1 Å². The highest BCUT2D eigenvalue weighted by Gasteiger charge is 2.23. The van der Waals surface area contributed by atoms with Crippen molar-refractivity contribution in [2.45, 2.75) is 52.1 Å². The molecule has 4 rings (SSSR count). The third kappa shape index (κ3) is 5.55. The Balaban J connectivity index is 1.53. The largest absolute Gasteiger partial charge is 0.493 e. The van der Waals surface area contributed by atoms with Crippen LogP contribution in [0.1, 0.15) is 60.9 Å². The Labute approximate surface area is 189 Å². The van der Waals surface area contributed by atoms with E-state index in [0.717, 1.165) is 43.3 Å². The first kappa shape index (κ1) is 22.1. The highest BCUT2D eigenvalue weighted by molar-refractivity contribution is 5.96. The van der Waals surface area contributed by atoms with Crippen molar-refractivity contribution in [3.63, 3.8) is 0 Å². The maximum Gasteiger partial charge on any atom is 0.258 e. The van der Waals surface area contributed by atoms with Crippen LogP contribution in [0.15, 0.2) is 63.6 Å². The van der Waals surface area contributed by atoms with E-state index in [1.807, 2.05) is 48.5 Å². The lowest BCUT2D eigenvalue weighted by Crippen LogP contribution is -2.30. The van der Waals surface area contributed by atoms with Crippen LogP contribution in [0, 0.1) is 0 Å². The second-order valence-corrected chi connectivity index (χ2v) is 8.23. The molecule has 0 saturated carbocycles. The Hall–Kier alpha value is -3.15. The summed E-state index contributed by atoms with van der Waals surface area (Å²) in [5, 5.41) is 0. The van der Waals surface area contributed by atoms with Crippen molar-refractivity contribution in [2.24, 2.45) is 0 Å². The lowest BCUT2D eigenvalue weighted by atomic mass is 10.1. The molecule has 0 bridgehead atoms. The molecular weight excluding hydrogens is 404 g/mol. The molecule has 1 amide bonds. The number of rotatable bonds is 10. The lowest BCUT2D eigenvalue weighted by molar-refractivity contribution is 0.0700. The number of anilines is 1. The number of amides is 1. The van der Waals surface area contributed by atoms with E-state index in [-0.39, 0.29) is 5.91 Å². The zero-order valence-electron chi connectivity index (χ0n) is 18.8. The van der Waals surface area contributed by atoms with Gasteiger partial charge in [-0.25, -0.2) is 0 Å². The maximum atomic E-state index is 13.6. The molecule has 170 valence electrons. The molecule has 6 heteroatoms. The molecule has 1 saturated heterocycles. The van der Waals surface area contributed by atoms with Crippen molar-refractivity contribution in [3.05, 3.63) is 71.9 Å². The zero-order valence-corrected chi connectivity index (χ0v) is 18.8. The zero-order chi connectivity index (χ0) is 22.2. The Bertz CT molecular complexity index is 973. The van der Waals surface area contributed by atoms with Gasteiger partial charge in [-0.3, -0.25) is 4.79 Å². The van der Waals surface area contributed by atoms with E-state index >= 15 is 0 Å². The second kappa shape index (κ2) is 10.9. The van der Waals surface area contributed by atoms with E-state index in [0.29, 0.717) is 31.0 Å². The first-order chi connectivity index (χ1) is 15.7. The summed E-state index contributed by atoms with van der Waals surface area (Å²) in [6, 6.07) is 15.1. The number of nitrogens with zero attached hydrogens (tertiary/aromatic N) is 2. The normalized spacial score (nSPS) is 13.8.